The molecule has 1 aromatic carbocycles. The molecule has 0 bridgehead atoms. The first kappa shape index (κ1) is 15.9. The zero-order valence-corrected chi connectivity index (χ0v) is 13.2. The highest BCUT2D eigenvalue weighted by atomic mass is 16.6. The minimum Gasteiger partial charge on any atom is -0.487 e. The Balaban J connectivity index is 1.78. The van der Waals surface area contributed by atoms with Gasteiger partial charge < -0.3 is 9.64 Å². The molecule has 0 amide bonds. The second kappa shape index (κ2) is 6.66. The molecule has 3 rings (SSSR count). The summed E-state index contributed by atoms with van der Waals surface area (Å²) in [7, 11) is 0. The number of nitrogens with zero attached hydrogens (tertiary/aromatic N) is 3. The fourth-order valence-electron chi connectivity index (χ4n) is 2.81. The van der Waals surface area contributed by atoms with Crippen LogP contribution in [-0.4, -0.2) is 34.9 Å². The number of carbonyl (C=O) groups excluding carboxylic acids is 1. The Hall–Kier alpha value is -2.96. The second-order valence-electron chi connectivity index (χ2n) is 5.68. The zero-order valence-electron chi connectivity index (χ0n) is 13.2. The van der Waals surface area contributed by atoms with Gasteiger partial charge >= 0.3 is 0 Å². The van der Waals surface area contributed by atoms with Crippen LogP contribution in [0.15, 0.2) is 42.7 Å². The van der Waals surface area contributed by atoms with E-state index in [4.69, 9.17) is 4.74 Å². The van der Waals surface area contributed by atoms with Crippen LogP contribution in [0, 0.1) is 10.1 Å². The van der Waals surface area contributed by atoms with Crippen molar-refractivity contribution in [3.63, 3.8) is 0 Å². The molecule has 1 atom stereocenters. The average Bonchev–Trinajstić information content (AvgIpc) is 3.03. The van der Waals surface area contributed by atoms with E-state index in [-0.39, 0.29) is 17.6 Å². The van der Waals surface area contributed by atoms with Crippen LogP contribution in [0.3, 0.4) is 0 Å². The topological polar surface area (TPSA) is 85.6 Å². The molecule has 1 aliphatic heterocycles. The molecule has 1 unspecified atom stereocenters. The highest BCUT2D eigenvalue weighted by Gasteiger charge is 2.29. The molecule has 2 heterocycles. The maximum atomic E-state index is 11.4. The number of hydrogen-bond acceptors (Lipinski definition) is 6. The van der Waals surface area contributed by atoms with Crippen LogP contribution in [0.4, 0.5) is 11.4 Å². The van der Waals surface area contributed by atoms with Gasteiger partial charge in [-0.2, -0.15) is 0 Å². The standard InChI is InChI=1S/C17H17N3O4/c1-12(21)13-4-5-16(17(9-13)20(22)23)19-8-6-15(11-19)24-14-3-2-7-18-10-14/h2-5,7,9-10,15H,6,8,11H2,1H3. The van der Waals surface area contributed by atoms with Gasteiger partial charge in [0.05, 0.1) is 17.7 Å². The third-order valence-corrected chi connectivity index (χ3v) is 4.00. The van der Waals surface area contributed by atoms with Gasteiger partial charge in [-0.05, 0) is 31.2 Å². The predicted octanol–water partition coefficient (Wildman–Crippen LogP) is 2.85. The molecule has 124 valence electrons. The molecular weight excluding hydrogens is 310 g/mol. The number of ether oxygens (including phenoxy) is 1. The number of rotatable bonds is 5. The van der Waals surface area contributed by atoms with E-state index >= 15 is 0 Å². The molecule has 7 nitrogen and oxygen atoms in total. The lowest BCUT2D eigenvalue weighted by molar-refractivity contribution is -0.384. The SMILES string of the molecule is CC(=O)c1ccc(N2CCC(Oc3cccnc3)C2)c([N+](=O)[O-])c1. The van der Waals surface area contributed by atoms with Gasteiger partial charge in [0.15, 0.2) is 5.78 Å². The summed E-state index contributed by atoms with van der Waals surface area (Å²) in [4.78, 5) is 28.3. The lowest BCUT2D eigenvalue weighted by Crippen LogP contribution is -2.25. The highest BCUT2D eigenvalue weighted by Crippen LogP contribution is 2.32. The Bertz CT molecular complexity index is 764. The molecule has 0 spiro atoms. The summed E-state index contributed by atoms with van der Waals surface area (Å²) >= 11 is 0. The van der Waals surface area contributed by atoms with E-state index in [1.54, 1.807) is 30.6 Å². The van der Waals surface area contributed by atoms with Gasteiger partial charge in [-0.3, -0.25) is 19.9 Å². The van der Waals surface area contributed by atoms with Crippen molar-refractivity contribution < 1.29 is 14.5 Å². The van der Waals surface area contributed by atoms with Crippen molar-refractivity contribution in [1.29, 1.82) is 0 Å². The second-order valence-corrected chi connectivity index (χ2v) is 5.68. The monoisotopic (exact) mass is 327 g/mol. The van der Waals surface area contributed by atoms with E-state index in [0.717, 1.165) is 6.42 Å². The summed E-state index contributed by atoms with van der Waals surface area (Å²) in [6.45, 7) is 2.60. The Morgan fingerprint density at radius 2 is 2.25 bits per heavy atom. The Morgan fingerprint density at radius 1 is 1.42 bits per heavy atom. The van der Waals surface area contributed by atoms with Gasteiger partial charge in [0, 0.05) is 30.8 Å². The number of pyridine rings is 1. The number of Topliss-reactive ketones (excluding diaryl/α,β-unsaturated/α-hetero) is 1. The lowest BCUT2D eigenvalue weighted by atomic mass is 10.1. The quantitative estimate of drug-likeness (QED) is 0.477. The van der Waals surface area contributed by atoms with Crippen molar-refractivity contribution in [2.24, 2.45) is 0 Å². The smallest absolute Gasteiger partial charge is 0.293 e. The molecule has 1 aliphatic rings. The number of ketones is 1. The lowest BCUT2D eigenvalue weighted by Gasteiger charge is -2.19. The van der Waals surface area contributed by atoms with Crippen molar-refractivity contribution in [1.82, 2.24) is 4.98 Å². The summed E-state index contributed by atoms with van der Waals surface area (Å²) in [6, 6.07) is 8.24. The molecule has 1 fully saturated rings. The highest BCUT2D eigenvalue weighted by molar-refractivity contribution is 5.95. The van der Waals surface area contributed by atoms with Crippen LogP contribution in [0.2, 0.25) is 0 Å². The molecule has 2 aromatic rings. The fraction of sp³-hybridized carbons (Fsp3) is 0.294. The van der Waals surface area contributed by atoms with Crippen molar-refractivity contribution in [3.05, 3.63) is 58.4 Å². The van der Waals surface area contributed by atoms with E-state index in [2.05, 4.69) is 4.98 Å². The molecule has 1 aromatic heterocycles. The minimum atomic E-state index is -0.447. The van der Waals surface area contributed by atoms with Gasteiger partial charge in [-0.25, -0.2) is 0 Å². The van der Waals surface area contributed by atoms with E-state index in [0.29, 0.717) is 30.1 Å². The van der Waals surface area contributed by atoms with E-state index in [9.17, 15) is 14.9 Å². The number of nitro benzene ring substituents is 1. The van der Waals surface area contributed by atoms with Crippen molar-refractivity contribution in [2.45, 2.75) is 19.4 Å². The van der Waals surface area contributed by atoms with E-state index in [1.807, 2.05) is 11.0 Å². The Labute approximate surface area is 139 Å². The Kier molecular flexibility index (Phi) is 4.41. The molecule has 0 N–H and O–H groups in total. The zero-order chi connectivity index (χ0) is 17.1. The average molecular weight is 327 g/mol. The third-order valence-electron chi connectivity index (χ3n) is 4.00. The third kappa shape index (κ3) is 3.34. The molecule has 0 aliphatic carbocycles. The van der Waals surface area contributed by atoms with Gasteiger partial charge in [0.25, 0.3) is 5.69 Å². The van der Waals surface area contributed by atoms with Crippen LogP contribution >= 0.6 is 0 Å². The molecule has 24 heavy (non-hydrogen) atoms. The molecule has 7 heteroatoms. The number of hydrogen-bond donors (Lipinski definition) is 0. The number of carbonyl (C=O) groups is 1. The first-order chi connectivity index (χ1) is 11.5. The van der Waals surface area contributed by atoms with Crippen molar-refractivity contribution in [3.8, 4) is 5.75 Å². The summed E-state index contributed by atoms with van der Waals surface area (Å²) in [5.41, 5.74) is 0.805. The Morgan fingerprint density at radius 3 is 2.92 bits per heavy atom. The first-order valence-electron chi connectivity index (χ1n) is 7.65. The summed E-state index contributed by atoms with van der Waals surface area (Å²) in [5, 5.41) is 11.4. The maximum absolute atomic E-state index is 11.4. The molecule has 0 saturated carbocycles. The van der Waals surface area contributed by atoms with Crippen LogP contribution in [0.1, 0.15) is 23.7 Å². The molecular formula is C17H17N3O4. The van der Waals surface area contributed by atoms with Crippen LogP contribution < -0.4 is 9.64 Å². The van der Waals surface area contributed by atoms with Crippen molar-refractivity contribution >= 4 is 17.2 Å². The largest absolute Gasteiger partial charge is 0.487 e. The van der Waals surface area contributed by atoms with Crippen LogP contribution in [0.25, 0.3) is 0 Å². The van der Waals surface area contributed by atoms with E-state index < -0.39 is 4.92 Å². The fourth-order valence-corrected chi connectivity index (χ4v) is 2.81. The number of benzene rings is 1. The number of nitro groups is 1. The maximum Gasteiger partial charge on any atom is 0.293 e. The predicted molar refractivity (Wildman–Crippen MR) is 88.6 cm³/mol. The van der Waals surface area contributed by atoms with Gasteiger partial charge in [0.1, 0.15) is 17.5 Å². The molecule has 0 radical (unpaired) electrons. The van der Waals surface area contributed by atoms with E-state index in [1.165, 1.54) is 13.0 Å². The summed E-state index contributed by atoms with van der Waals surface area (Å²) < 4.78 is 5.86. The number of anilines is 1. The summed E-state index contributed by atoms with van der Waals surface area (Å²) in [5.74, 6) is 0.495. The van der Waals surface area contributed by atoms with Gasteiger partial charge in [0.2, 0.25) is 0 Å². The van der Waals surface area contributed by atoms with Crippen LogP contribution in [0.5, 0.6) is 5.75 Å². The summed E-state index contributed by atoms with van der Waals surface area (Å²) in [6.07, 6.45) is 4.03. The van der Waals surface area contributed by atoms with Gasteiger partial charge in [-0.1, -0.05) is 0 Å². The first-order valence-corrected chi connectivity index (χ1v) is 7.65. The normalized spacial score (nSPS) is 16.9. The molecule has 1 saturated heterocycles. The van der Waals surface area contributed by atoms with Crippen molar-refractivity contribution in [2.75, 3.05) is 18.0 Å². The van der Waals surface area contributed by atoms with Crippen LogP contribution in [-0.2, 0) is 0 Å². The minimum absolute atomic E-state index is 0.0512. The number of aromatic nitrogens is 1. The van der Waals surface area contributed by atoms with Gasteiger partial charge in [-0.15, -0.1) is 0 Å².